The SMILES string of the molecule is Fc1ccc(CN2CCC(c3nnc(-c4ccncc4)o3)CC2)cc1. The fraction of sp³-hybridized carbons (Fsp3) is 0.316. The number of hydrogen-bond acceptors (Lipinski definition) is 5. The molecule has 1 fully saturated rings. The number of hydrogen-bond donors (Lipinski definition) is 0. The Balaban J connectivity index is 1.36. The van der Waals surface area contributed by atoms with Crippen LogP contribution in [0.3, 0.4) is 0 Å². The predicted molar refractivity (Wildman–Crippen MR) is 91.2 cm³/mol. The summed E-state index contributed by atoms with van der Waals surface area (Å²) in [4.78, 5) is 6.38. The Bertz CT molecular complexity index is 811. The van der Waals surface area contributed by atoms with Crippen LogP contribution in [-0.4, -0.2) is 33.2 Å². The van der Waals surface area contributed by atoms with Crippen molar-refractivity contribution in [3.63, 3.8) is 0 Å². The van der Waals surface area contributed by atoms with Crippen LogP contribution in [0.5, 0.6) is 0 Å². The van der Waals surface area contributed by atoms with Crippen molar-refractivity contribution >= 4 is 0 Å². The van der Waals surface area contributed by atoms with Crippen molar-refractivity contribution in [2.24, 2.45) is 0 Å². The Hall–Kier alpha value is -2.60. The van der Waals surface area contributed by atoms with Gasteiger partial charge in [0.05, 0.1) is 0 Å². The largest absolute Gasteiger partial charge is 0.420 e. The number of nitrogens with zero attached hydrogens (tertiary/aromatic N) is 4. The van der Waals surface area contributed by atoms with Gasteiger partial charge < -0.3 is 4.42 Å². The predicted octanol–water partition coefficient (Wildman–Crippen LogP) is 3.65. The first-order valence-corrected chi connectivity index (χ1v) is 8.48. The van der Waals surface area contributed by atoms with E-state index in [0.717, 1.165) is 43.6 Å². The fourth-order valence-electron chi connectivity index (χ4n) is 3.20. The molecule has 1 saturated heterocycles. The molecule has 3 heterocycles. The van der Waals surface area contributed by atoms with Gasteiger partial charge in [0.2, 0.25) is 11.8 Å². The van der Waals surface area contributed by atoms with Gasteiger partial charge in [-0.15, -0.1) is 10.2 Å². The molecule has 5 nitrogen and oxygen atoms in total. The van der Waals surface area contributed by atoms with Crippen molar-refractivity contribution < 1.29 is 8.81 Å². The Labute approximate surface area is 145 Å². The van der Waals surface area contributed by atoms with Crippen LogP contribution in [0, 0.1) is 5.82 Å². The first-order chi connectivity index (χ1) is 12.3. The molecule has 0 atom stereocenters. The minimum atomic E-state index is -0.191. The minimum Gasteiger partial charge on any atom is -0.420 e. The zero-order valence-electron chi connectivity index (χ0n) is 13.8. The molecular weight excluding hydrogens is 319 g/mol. The van der Waals surface area contributed by atoms with E-state index >= 15 is 0 Å². The molecule has 128 valence electrons. The van der Waals surface area contributed by atoms with Gasteiger partial charge in [-0.05, 0) is 55.8 Å². The van der Waals surface area contributed by atoms with Crippen molar-refractivity contribution in [2.75, 3.05) is 13.1 Å². The Morgan fingerprint density at radius 3 is 2.44 bits per heavy atom. The molecule has 0 spiro atoms. The van der Waals surface area contributed by atoms with E-state index in [2.05, 4.69) is 20.1 Å². The van der Waals surface area contributed by atoms with E-state index in [4.69, 9.17) is 4.42 Å². The van der Waals surface area contributed by atoms with E-state index in [1.54, 1.807) is 12.4 Å². The van der Waals surface area contributed by atoms with Crippen molar-refractivity contribution in [2.45, 2.75) is 25.3 Å². The van der Waals surface area contributed by atoms with Crippen LogP contribution in [-0.2, 0) is 6.54 Å². The molecular formula is C19H19FN4O. The van der Waals surface area contributed by atoms with Crippen LogP contribution in [0.15, 0.2) is 53.2 Å². The number of aromatic nitrogens is 3. The van der Waals surface area contributed by atoms with E-state index in [1.165, 1.54) is 12.1 Å². The summed E-state index contributed by atoms with van der Waals surface area (Å²) >= 11 is 0. The molecule has 0 aliphatic carbocycles. The molecule has 0 N–H and O–H groups in total. The molecule has 3 aromatic rings. The van der Waals surface area contributed by atoms with Gasteiger partial charge in [-0.25, -0.2) is 4.39 Å². The van der Waals surface area contributed by atoms with Gasteiger partial charge in [0, 0.05) is 30.4 Å². The average Bonchev–Trinajstić information content (AvgIpc) is 3.15. The lowest BCUT2D eigenvalue weighted by atomic mass is 9.96. The molecule has 0 radical (unpaired) electrons. The fourth-order valence-corrected chi connectivity index (χ4v) is 3.20. The van der Waals surface area contributed by atoms with E-state index in [9.17, 15) is 4.39 Å². The highest BCUT2D eigenvalue weighted by molar-refractivity contribution is 5.50. The maximum atomic E-state index is 13.0. The Morgan fingerprint density at radius 1 is 1.00 bits per heavy atom. The second-order valence-electron chi connectivity index (χ2n) is 6.36. The standard InChI is InChI=1S/C19H19FN4O/c20-17-3-1-14(2-4-17)13-24-11-7-16(8-12-24)19-23-22-18(25-19)15-5-9-21-10-6-15/h1-6,9-10,16H,7-8,11-13H2. The second kappa shape index (κ2) is 7.11. The van der Waals surface area contributed by atoms with Crippen LogP contribution >= 0.6 is 0 Å². The monoisotopic (exact) mass is 338 g/mol. The van der Waals surface area contributed by atoms with Crippen LogP contribution in [0.2, 0.25) is 0 Å². The Kier molecular flexibility index (Phi) is 4.52. The number of halogens is 1. The average molecular weight is 338 g/mol. The van der Waals surface area contributed by atoms with Crippen molar-refractivity contribution in [1.82, 2.24) is 20.1 Å². The highest BCUT2D eigenvalue weighted by Gasteiger charge is 2.25. The molecule has 4 rings (SSSR count). The van der Waals surface area contributed by atoms with Gasteiger partial charge >= 0.3 is 0 Å². The first-order valence-electron chi connectivity index (χ1n) is 8.48. The summed E-state index contributed by atoms with van der Waals surface area (Å²) in [6, 6.07) is 10.5. The normalized spacial score (nSPS) is 16.2. The lowest BCUT2D eigenvalue weighted by Gasteiger charge is -2.30. The zero-order valence-corrected chi connectivity index (χ0v) is 13.8. The van der Waals surface area contributed by atoms with Gasteiger partial charge in [-0.3, -0.25) is 9.88 Å². The van der Waals surface area contributed by atoms with Gasteiger partial charge in [0.25, 0.3) is 0 Å². The number of benzene rings is 1. The molecule has 1 aliphatic rings. The third-order valence-electron chi connectivity index (χ3n) is 4.62. The van der Waals surface area contributed by atoms with Crippen LogP contribution < -0.4 is 0 Å². The topological polar surface area (TPSA) is 55.1 Å². The lowest BCUT2D eigenvalue weighted by Crippen LogP contribution is -2.32. The van der Waals surface area contributed by atoms with Crippen LogP contribution in [0.1, 0.15) is 30.2 Å². The molecule has 1 aliphatic heterocycles. The van der Waals surface area contributed by atoms with E-state index in [1.807, 2.05) is 24.3 Å². The maximum absolute atomic E-state index is 13.0. The first kappa shape index (κ1) is 15.9. The van der Waals surface area contributed by atoms with E-state index in [-0.39, 0.29) is 5.82 Å². The van der Waals surface area contributed by atoms with Crippen LogP contribution in [0.4, 0.5) is 4.39 Å². The van der Waals surface area contributed by atoms with Gasteiger partial charge in [0.15, 0.2) is 0 Å². The van der Waals surface area contributed by atoms with E-state index < -0.39 is 0 Å². The molecule has 1 aromatic carbocycles. The number of pyridine rings is 1. The maximum Gasteiger partial charge on any atom is 0.247 e. The van der Waals surface area contributed by atoms with E-state index in [0.29, 0.717) is 17.7 Å². The quantitative estimate of drug-likeness (QED) is 0.727. The molecule has 0 bridgehead atoms. The highest BCUT2D eigenvalue weighted by atomic mass is 19.1. The summed E-state index contributed by atoms with van der Waals surface area (Å²) in [5, 5.41) is 8.40. The van der Waals surface area contributed by atoms with Gasteiger partial charge in [0.1, 0.15) is 5.82 Å². The van der Waals surface area contributed by atoms with Crippen molar-refractivity contribution in [3.05, 3.63) is 66.1 Å². The smallest absolute Gasteiger partial charge is 0.247 e. The van der Waals surface area contributed by atoms with Crippen molar-refractivity contribution in [3.8, 4) is 11.5 Å². The molecule has 2 aromatic heterocycles. The molecule has 0 unspecified atom stereocenters. The second-order valence-corrected chi connectivity index (χ2v) is 6.36. The third kappa shape index (κ3) is 3.74. The molecule has 25 heavy (non-hydrogen) atoms. The highest BCUT2D eigenvalue weighted by Crippen LogP contribution is 2.29. The third-order valence-corrected chi connectivity index (χ3v) is 4.62. The summed E-state index contributed by atoms with van der Waals surface area (Å²) in [6.07, 6.45) is 5.40. The number of likely N-dealkylation sites (tertiary alicyclic amines) is 1. The summed E-state index contributed by atoms with van der Waals surface area (Å²) in [5.41, 5.74) is 2.03. The summed E-state index contributed by atoms with van der Waals surface area (Å²) in [5.74, 6) is 1.37. The Morgan fingerprint density at radius 2 is 1.72 bits per heavy atom. The molecule has 6 heteroatoms. The summed E-state index contributed by atoms with van der Waals surface area (Å²) < 4.78 is 18.9. The minimum absolute atomic E-state index is 0.191. The number of piperidine rings is 1. The zero-order chi connectivity index (χ0) is 17.1. The molecule has 0 saturated carbocycles. The summed E-state index contributed by atoms with van der Waals surface area (Å²) in [7, 11) is 0. The number of rotatable bonds is 4. The van der Waals surface area contributed by atoms with Gasteiger partial charge in [-0.2, -0.15) is 0 Å². The lowest BCUT2D eigenvalue weighted by molar-refractivity contribution is 0.193. The molecule has 0 amide bonds. The van der Waals surface area contributed by atoms with Gasteiger partial charge in [-0.1, -0.05) is 12.1 Å². The summed E-state index contributed by atoms with van der Waals surface area (Å²) in [6.45, 7) is 2.78. The van der Waals surface area contributed by atoms with Crippen molar-refractivity contribution in [1.29, 1.82) is 0 Å². The van der Waals surface area contributed by atoms with Crippen LogP contribution in [0.25, 0.3) is 11.5 Å².